The lowest BCUT2D eigenvalue weighted by Gasteiger charge is -2.14. The monoisotopic (exact) mass is 464 g/mol. The molecule has 0 amide bonds. The van der Waals surface area contributed by atoms with Gasteiger partial charge in [0.05, 0.1) is 29.1 Å². The number of para-hydroxylation sites is 2. The first-order valence-corrected chi connectivity index (χ1v) is 12.0. The van der Waals surface area contributed by atoms with Gasteiger partial charge in [-0.05, 0) is 74.5 Å². The summed E-state index contributed by atoms with van der Waals surface area (Å²) in [7, 11) is -3.91. The second kappa shape index (κ2) is 9.74. The Morgan fingerprint density at radius 2 is 1.24 bits per heavy atom. The lowest BCUT2D eigenvalue weighted by atomic mass is 10.3. The molecule has 0 bridgehead atoms. The molecule has 0 unspecified atom stereocenters. The summed E-state index contributed by atoms with van der Waals surface area (Å²) in [5.41, 5.74) is 1.92. The molecule has 2 N–H and O–H groups in total. The average Bonchev–Trinajstić information content (AvgIpc) is 2.81. The third kappa shape index (κ3) is 5.32. The van der Waals surface area contributed by atoms with Crippen LogP contribution in [0.3, 0.4) is 0 Å². The third-order valence-corrected chi connectivity index (χ3v) is 6.03. The van der Waals surface area contributed by atoms with Crippen molar-refractivity contribution < 1.29 is 17.9 Å². The Hall–Kier alpha value is -3.85. The summed E-state index contributed by atoms with van der Waals surface area (Å²) in [6.07, 6.45) is 0. The van der Waals surface area contributed by atoms with Gasteiger partial charge in [0.25, 0.3) is 10.0 Å². The van der Waals surface area contributed by atoms with Crippen LogP contribution in [0.1, 0.15) is 13.8 Å². The van der Waals surface area contributed by atoms with Gasteiger partial charge in [-0.2, -0.15) is 0 Å². The van der Waals surface area contributed by atoms with Gasteiger partial charge in [0.15, 0.2) is 11.6 Å². The standard InChI is InChI=1S/C24H24N4O4S/c1-3-31-18-11-9-17(10-12-18)25-23-24(27-22-8-6-5-7-21(22)26-23)28-33(29,30)20-15-13-19(14-16-20)32-4-2/h5-16H,3-4H2,1-2H3,(H,25,26)(H,27,28). The molecule has 0 spiro atoms. The van der Waals surface area contributed by atoms with Crippen molar-refractivity contribution in [2.24, 2.45) is 0 Å². The van der Waals surface area contributed by atoms with Gasteiger partial charge < -0.3 is 14.8 Å². The van der Waals surface area contributed by atoms with E-state index in [1.807, 2.05) is 56.3 Å². The van der Waals surface area contributed by atoms with E-state index in [4.69, 9.17) is 9.47 Å². The van der Waals surface area contributed by atoms with E-state index in [2.05, 4.69) is 20.0 Å². The van der Waals surface area contributed by atoms with E-state index in [0.717, 1.165) is 5.75 Å². The normalized spacial score (nSPS) is 11.2. The Balaban J connectivity index is 1.68. The molecule has 0 saturated carbocycles. The van der Waals surface area contributed by atoms with Crippen LogP contribution in [0.25, 0.3) is 11.0 Å². The highest BCUT2D eigenvalue weighted by Gasteiger charge is 2.19. The summed E-state index contributed by atoms with van der Waals surface area (Å²) < 4.78 is 39.6. The van der Waals surface area contributed by atoms with Crippen molar-refractivity contribution in [2.45, 2.75) is 18.7 Å². The van der Waals surface area contributed by atoms with Crippen LogP contribution in [0, 0.1) is 0 Å². The molecule has 0 fully saturated rings. The number of rotatable bonds is 9. The van der Waals surface area contributed by atoms with Crippen molar-refractivity contribution in [1.29, 1.82) is 0 Å². The maximum absolute atomic E-state index is 13.1. The van der Waals surface area contributed by atoms with Gasteiger partial charge in [0, 0.05) is 5.69 Å². The van der Waals surface area contributed by atoms with Crippen molar-refractivity contribution in [3.8, 4) is 11.5 Å². The van der Waals surface area contributed by atoms with Gasteiger partial charge in [-0.3, -0.25) is 4.72 Å². The van der Waals surface area contributed by atoms with E-state index in [-0.39, 0.29) is 16.5 Å². The number of fused-ring (bicyclic) bond motifs is 1. The first kappa shape index (κ1) is 22.3. The molecule has 1 heterocycles. The molecule has 0 radical (unpaired) electrons. The fraction of sp³-hybridized carbons (Fsp3) is 0.167. The highest BCUT2D eigenvalue weighted by molar-refractivity contribution is 7.92. The molecule has 4 aromatic rings. The van der Waals surface area contributed by atoms with Crippen molar-refractivity contribution in [3.63, 3.8) is 0 Å². The molecule has 1 aromatic heterocycles. The predicted molar refractivity (Wildman–Crippen MR) is 129 cm³/mol. The Morgan fingerprint density at radius 3 is 1.79 bits per heavy atom. The third-order valence-electron chi connectivity index (χ3n) is 4.67. The molecule has 9 heteroatoms. The molecule has 33 heavy (non-hydrogen) atoms. The van der Waals surface area contributed by atoms with Gasteiger partial charge in [-0.15, -0.1) is 0 Å². The molecule has 3 aromatic carbocycles. The van der Waals surface area contributed by atoms with Gasteiger partial charge in [0.2, 0.25) is 0 Å². The summed E-state index contributed by atoms with van der Waals surface area (Å²) >= 11 is 0. The van der Waals surface area contributed by atoms with Crippen LogP contribution in [0.2, 0.25) is 0 Å². The van der Waals surface area contributed by atoms with Gasteiger partial charge >= 0.3 is 0 Å². The van der Waals surface area contributed by atoms with Crippen LogP contribution >= 0.6 is 0 Å². The van der Waals surface area contributed by atoms with E-state index >= 15 is 0 Å². The predicted octanol–water partition coefficient (Wildman–Crippen LogP) is 4.97. The van der Waals surface area contributed by atoms with E-state index < -0.39 is 10.0 Å². The number of ether oxygens (including phenoxy) is 2. The van der Waals surface area contributed by atoms with Crippen LogP contribution in [-0.2, 0) is 10.0 Å². The molecule has 0 atom stereocenters. The highest BCUT2D eigenvalue weighted by atomic mass is 32.2. The summed E-state index contributed by atoms with van der Waals surface area (Å²) in [6.45, 7) is 4.85. The molecule has 4 rings (SSSR count). The lowest BCUT2D eigenvalue weighted by molar-refractivity contribution is 0.340. The quantitative estimate of drug-likeness (QED) is 0.360. The van der Waals surface area contributed by atoms with Crippen molar-refractivity contribution >= 4 is 38.4 Å². The van der Waals surface area contributed by atoms with Crippen LogP contribution in [-0.4, -0.2) is 31.6 Å². The van der Waals surface area contributed by atoms with Gasteiger partial charge in [-0.1, -0.05) is 12.1 Å². The van der Waals surface area contributed by atoms with Crippen LogP contribution < -0.4 is 19.5 Å². The lowest BCUT2D eigenvalue weighted by Crippen LogP contribution is -2.16. The largest absolute Gasteiger partial charge is 0.494 e. The number of benzene rings is 3. The van der Waals surface area contributed by atoms with Crippen LogP contribution in [0.15, 0.2) is 77.7 Å². The van der Waals surface area contributed by atoms with Crippen molar-refractivity contribution in [3.05, 3.63) is 72.8 Å². The number of nitrogens with zero attached hydrogens (tertiary/aromatic N) is 2. The Kier molecular flexibility index (Phi) is 6.60. The van der Waals surface area contributed by atoms with Crippen LogP contribution in [0.5, 0.6) is 11.5 Å². The number of hydrogen-bond donors (Lipinski definition) is 2. The number of sulfonamides is 1. The van der Waals surface area contributed by atoms with E-state index in [1.165, 1.54) is 12.1 Å². The average molecular weight is 465 g/mol. The first-order chi connectivity index (χ1) is 16.0. The second-order valence-electron chi connectivity index (χ2n) is 7.00. The number of aromatic nitrogens is 2. The zero-order valence-corrected chi connectivity index (χ0v) is 19.1. The molecular formula is C24H24N4O4S. The minimum Gasteiger partial charge on any atom is -0.494 e. The number of nitrogens with one attached hydrogen (secondary N) is 2. The van der Waals surface area contributed by atoms with E-state index in [1.54, 1.807) is 18.2 Å². The van der Waals surface area contributed by atoms with Crippen molar-refractivity contribution in [2.75, 3.05) is 23.3 Å². The summed E-state index contributed by atoms with van der Waals surface area (Å²) in [6, 6.07) is 20.8. The SMILES string of the molecule is CCOc1ccc(Nc2nc3ccccc3nc2NS(=O)(=O)c2ccc(OCC)cc2)cc1. The summed E-state index contributed by atoms with van der Waals surface area (Å²) in [4.78, 5) is 9.20. The zero-order valence-electron chi connectivity index (χ0n) is 18.3. The molecular weight excluding hydrogens is 440 g/mol. The topological polar surface area (TPSA) is 102 Å². The molecule has 0 saturated heterocycles. The maximum Gasteiger partial charge on any atom is 0.263 e. The summed E-state index contributed by atoms with van der Waals surface area (Å²) in [5, 5.41) is 3.16. The summed E-state index contributed by atoms with van der Waals surface area (Å²) in [5.74, 6) is 1.72. The zero-order chi connectivity index (χ0) is 23.3. The number of anilines is 3. The highest BCUT2D eigenvalue weighted by Crippen LogP contribution is 2.28. The first-order valence-electron chi connectivity index (χ1n) is 10.5. The van der Waals surface area contributed by atoms with Gasteiger partial charge in [0.1, 0.15) is 11.5 Å². The second-order valence-corrected chi connectivity index (χ2v) is 8.68. The van der Waals surface area contributed by atoms with E-state index in [9.17, 15) is 8.42 Å². The minimum atomic E-state index is -3.91. The molecule has 0 aliphatic rings. The Bertz CT molecular complexity index is 1340. The van der Waals surface area contributed by atoms with Crippen LogP contribution in [0.4, 0.5) is 17.3 Å². The fourth-order valence-corrected chi connectivity index (χ4v) is 4.17. The smallest absolute Gasteiger partial charge is 0.263 e. The van der Waals surface area contributed by atoms with Crippen molar-refractivity contribution in [1.82, 2.24) is 9.97 Å². The molecule has 8 nitrogen and oxygen atoms in total. The van der Waals surface area contributed by atoms with Gasteiger partial charge in [-0.25, -0.2) is 18.4 Å². The molecule has 0 aliphatic carbocycles. The number of hydrogen-bond acceptors (Lipinski definition) is 7. The fourth-order valence-electron chi connectivity index (χ4n) is 3.16. The molecule has 0 aliphatic heterocycles. The molecule has 170 valence electrons. The Labute approximate surface area is 192 Å². The minimum absolute atomic E-state index is 0.0907. The maximum atomic E-state index is 13.1. The Morgan fingerprint density at radius 1 is 0.727 bits per heavy atom. The van der Waals surface area contributed by atoms with E-state index in [0.29, 0.717) is 35.7 Å².